The third kappa shape index (κ3) is 12.1. The van der Waals surface area contributed by atoms with Crippen LogP contribution in [0.25, 0.3) is 0 Å². The van der Waals surface area contributed by atoms with E-state index in [9.17, 15) is 4.79 Å². The van der Waals surface area contributed by atoms with Crippen molar-refractivity contribution in [2.45, 2.75) is 65.3 Å². The molecule has 1 N–H and O–H groups in total. The number of anilines is 1. The number of benzene rings is 1. The van der Waals surface area contributed by atoms with Crippen molar-refractivity contribution in [3.05, 3.63) is 53.2 Å². The number of hydrogen-bond acceptors (Lipinski definition) is 3. The van der Waals surface area contributed by atoms with E-state index < -0.39 is 0 Å². The Morgan fingerprint density at radius 2 is 1.83 bits per heavy atom. The third-order valence-electron chi connectivity index (χ3n) is 4.69. The molecule has 1 saturated carbocycles. The lowest BCUT2D eigenvalue weighted by atomic mass is 9.95. The molecule has 1 amide bonds. The fourth-order valence-electron chi connectivity index (χ4n) is 3.14. The Kier molecular flexibility index (Phi) is 15.8. The van der Waals surface area contributed by atoms with Crippen molar-refractivity contribution in [2.75, 3.05) is 19.5 Å². The van der Waals surface area contributed by atoms with Crippen LogP contribution in [-0.4, -0.2) is 31.0 Å². The molecule has 164 valence electrons. The topological polar surface area (TPSA) is 41.6 Å². The fourth-order valence-corrected chi connectivity index (χ4v) is 3.47. The van der Waals surface area contributed by atoms with Gasteiger partial charge in [0.25, 0.3) is 0 Å². The van der Waals surface area contributed by atoms with Crippen molar-refractivity contribution in [3.63, 3.8) is 0 Å². The van der Waals surface area contributed by atoms with Gasteiger partial charge in [-0.1, -0.05) is 50.4 Å². The summed E-state index contributed by atoms with van der Waals surface area (Å²) >= 11 is 8.53. The summed E-state index contributed by atoms with van der Waals surface area (Å²) in [6.45, 7) is 9.36. The molecule has 0 spiro atoms. The Labute approximate surface area is 190 Å². The van der Waals surface area contributed by atoms with Gasteiger partial charge in [-0.2, -0.15) is 0 Å². The summed E-state index contributed by atoms with van der Waals surface area (Å²) in [5.41, 5.74) is 2.87. The first-order valence-corrected chi connectivity index (χ1v) is 11.1. The molecule has 4 nitrogen and oxygen atoms in total. The number of hydrogen-bond donors (Lipinski definition) is 1. The lowest BCUT2D eigenvalue weighted by Crippen LogP contribution is -2.28. The minimum Gasteiger partial charge on any atom is -0.377 e. The number of amides is 1. The van der Waals surface area contributed by atoms with Crippen LogP contribution in [0, 0.1) is 13.8 Å². The Balaban J connectivity index is 0.000000481. The molecule has 2 rings (SSSR count). The predicted octanol–water partition coefficient (Wildman–Crippen LogP) is 7.20. The number of halogens is 2. The number of carbonyl (C=O) groups excluding carboxylic acids is 1. The van der Waals surface area contributed by atoms with Gasteiger partial charge in [-0.15, -0.1) is 0 Å². The van der Waals surface area contributed by atoms with E-state index >= 15 is 0 Å². The second-order valence-corrected chi connectivity index (χ2v) is 8.09. The molecule has 0 bridgehead atoms. The van der Waals surface area contributed by atoms with Crippen LogP contribution in [0.15, 0.2) is 37.1 Å². The Morgan fingerprint density at radius 3 is 2.28 bits per heavy atom. The standard InChI is InChI=1S/C11H14ClNO.C11H19N.CH3BrO/c1-4-10(14)13-11-7(2)5-9(12)6-8(11)3;1-3-4-10-12(2)11-8-6-5-7-9-11;1-3-2/h5-6H,4H2,1-3H3,(H,13,14);3-4,10-11H,1,5-9H2,2H3;1H3/b;10-4-;. The molecule has 29 heavy (non-hydrogen) atoms. The van der Waals surface area contributed by atoms with Gasteiger partial charge >= 0.3 is 0 Å². The van der Waals surface area contributed by atoms with Gasteiger partial charge in [-0.3, -0.25) is 4.79 Å². The van der Waals surface area contributed by atoms with Crippen LogP contribution in [0.4, 0.5) is 5.69 Å². The van der Waals surface area contributed by atoms with E-state index in [2.05, 4.69) is 50.1 Å². The van der Waals surface area contributed by atoms with Crippen LogP contribution in [0.5, 0.6) is 0 Å². The van der Waals surface area contributed by atoms with Crippen molar-refractivity contribution in [1.82, 2.24) is 4.90 Å². The molecule has 1 aliphatic rings. The highest BCUT2D eigenvalue weighted by Gasteiger charge is 2.14. The third-order valence-corrected chi connectivity index (χ3v) is 4.91. The lowest BCUT2D eigenvalue weighted by Gasteiger charge is -2.30. The largest absolute Gasteiger partial charge is 0.377 e. The van der Waals surface area contributed by atoms with Gasteiger partial charge in [-0.05, 0) is 62.2 Å². The van der Waals surface area contributed by atoms with E-state index in [4.69, 9.17) is 11.6 Å². The quantitative estimate of drug-likeness (QED) is 0.446. The number of carbonyl (C=O) groups is 1. The van der Waals surface area contributed by atoms with Crippen LogP contribution in [0.3, 0.4) is 0 Å². The van der Waals surface area contributed by atoms with Gasteiger partial charge in [0.15, 0.2) is 0 Å². The number of rotatable bonds is 5. The summed E-state index contributed by atoms with van der Waals surface area (Å²) in [4.78, 5) is 13.5. The first-order valence-electron chi connectivity index (χ1n) is 10.0. The average Bonchev–Trinajstić information content (AvgIpc) is 2.70. The minimum absolute atomic E-state index is 0.0264. The summed E-state index contributed by atoms with van der Waals surface area (Å²) in [6, 6.07) is 4.47. The van der Waals surface area contributed by atoms with Crippen LogP contribution >= 0.6 is 27.9 Å². The molecule has 0 saturated heterocycles. The molecule has 0 unspecified atom stereocenters. The number of allylic oxidation sites excluding steroid dienone is 2. The normalized spacial score (nSPS) is 13.6. The lowest BCUT2D eigenvalue weighted by molar-refractivity contribution is -0.115. The molecular formula is C23H36BrClN2O2. The second-order valence-electron chi connectivity index (χ2n) is 7.01. The second kappa shape index (κ2) is 16.5. The highest BCUT2D eigenvalue weighted by molar-refractivity contribution is 9.06. The Morgan fingerprint density at radius 1 is 1.31 bits per heavy atom. The van der Waals surface area contributed by atoms with E-state index in [1.165, 1.54) is 32.1 Å². The van der Waals surface area contributed by atoms with Gasteiger partial charge in [0.2, 0.25) is 5.91 Å². The summed E-state index contributed by atoms with van der Waals surface area (Å²) in [5, 5.41) is 3.56. The zero-order valence-corrected chi connectivity index (χ0v) is 20.8. The highest BCUT2D eigenvalue weighted by Crippen LogP contribution is 2.24. The maximum absolute atomic E-state index is 11.2. The Hall–Kier alpha value is -1.30. The summed E-state index contributed by atoms with van der Waals surface area (Å²) in [5.74, 6) is 0.0264. The molecular weight excluding hydrogens is 452 g/mol. The molecule has 0 heterocycles. The molecule has 0 aromatic heterocycles. The van der Waals surface area contributed by atoms with E-state index in [0.29, 0.717) is 11.4 Å². The molecule has 0 aliphatic heterocycles. The molecule has 1 aromatic rings. The average molecular weight is 488 g/mol. The summed E-state index contributed by atoms with van der Waals surface area (Å²) in [6.07, 6.45) is 13.4. The van der Waals surface area contributed by atoms with Crippen LogP contribution < -0.4 is 5.32 Å². The van der Waals surface area contributed by atoms with E-state index in [1.807, 2.05) is 45.1 Å². The van der Waals surface area contributed by atoms with Crippen molar-refractivity contribution in [2.24, 2.45) is 0 Å². The first-order chi connectivity index (χ1) is 13.8. The Bertz CT molecular complexity index is 621. The van der Waals surface area contributed by atoms with Crippen molar-refractivity contribution >= 4 is 39.5 Å². The van der Waals surface area contributed by atoms with Gasteiger partial charge in [0, 0.05) is 30.2 Å². The zero-order chi connectivity index (χ0) is 22.2. The number of nitrogens with one attached hydrogen (secondary N) is 1. The zero-order valence-electron chi connectivity index (χ0n) is 18.4. The van der Waals surface area contributed by atoms with E-state index in [1.54, 1.807) is 7.11 Å². The maximum Gasteiger partial charge on any atom is 0.224 e. The van der Waals surface area contributed by atoms with Gasteiger partial charge < -0.3 is 14.0 Å². The molecule has 1 aliphatic carbocycles. The van der Waals surface area contributed by atoms with Crippen molar-refractivity contribution in [3.8, 4) is 0 Å². The first kappa shape index (κ1) is 27.7. The molecule has 6 heteroatoms. The molecule has 1 aromatic carbocycles. The van der Waals surface area contributed by atoms with Crippen LogP contribution in [0.1, 0.15) is 56.6 Å². The van der Waals surface area contributed by atoms with Crippen LogP contribution in [-0.2, 0) is 8.62 Å². The smallest absolute Gasteiger partial charge is 0.224 e. The van der Waals surface area contributed by atoms with Crippen molar-refractivity contribution < 1.29 is 8.62 Å². The highest BCUT2D eigenvalue weighted by atomic mass is 79.9. The SMILES string of the molecule is C=C/C=C\N(C)C1CCCCC1.CCC(=O)Nc1c(C)cc(Cl)cc1C.COBr. The van der Waals surface area contributed by atoms with E-state index in [0.717, 1.165) is 22.9 Å². The number of nitrogens with zero attached hydrogens (tertiary/aromatic N) is 1. The minimum atomic E-state index is 0.0264. The number of aryl methyl sites for hydroxylation is 2. The summed E-state index contributed by atoms with van der Waals surface area (Å²) < 4.78 is 4.06. The molecule has 0 atom stereocenters. The summed E-state index contributed by atoms with van der Waals surface area (Å²) in [7, 11) is 3.70. The van der Waals surface area contributed by atoms with Crippen molar-refractivity contribution in [1.29, 1.82) is 0 Å². The maximum atomic E-state index is 11.2. The van der Waals surface area contributed by atoms with Crippen LogP contribution in [0.2, 0.25) is 5.02 Å². The van der Waals surface area contributed by atoms with E-state index in [-0.39, 0.29) is 5.91 Å². The fraction of sp³-hybridized carbons (Fsp3) is 0.522. The predicted molar refractivity (Wildman–Crippen MR) is 130 cm³/mol. The van der Waals surface area contributed by atoms with Gasteiger partial charge in [-0.25, -0.2) is 0 Å². The van der Waals surface area contributed by atoms with Gasteiger partial charge in [0.05, 0.1) is 23.4 Å². The molecule has 0 radical (unpaired) electrons. The monoisotopic (exact) mass is 486 g/mol. The van der Waals surface area contributed by atoms with Gasteiger partial charge in [0.1, 0.15) is 0 Å². The molecule has 1 fully saturated rings.